The Morgan fingerprint density at radius 3 is 3.25 bits per heavy atom. The van der Waals surface area contributed by atoms with Gasteiger partial charge in [-0.25, -0.2) is 4.98 Å². The van der Waals surface area contributed by atoms with Crippen LogP contribution in [0, 0.1) is 0 Å². The molecule has 0 aliphatic rings. The molecule has 0 amide bonds. The van der Waals surface area contributed by atoms with Crippen LogP contribution in [0.5, 0.6) is 0 Å². The topological polar surface area (TPSA) is 40.7 Å². The van der Waals surface area contributed by atoms with E-state index in [2.05, 4.69) is 27.4 Å². The molecule has 0 unspecified atom stereocenters. The maximum absolute atomic E-state index is 4.10. The molecule has 1 aromatic heterocycles. The van der Waals surface area contributed by atoms with Crippen LogP contribution in [0.15, 0.2) is 24.5 Å². The number of hydrogen-bond acceptors (Lipinski definition) is 2. The third kappa shape index (κ3) is 3.34. The van der Waals surface area contributed by atoms with Gasteiger partial charge in [0, 0.05) is 12.4 Å². The van der Waals surface area contributed by atoms with Crippen molar-refractivity contribution in [3.63, 3.8) is 0 Å². The smallest absolute Gasteiger partial charge is 0.120 e. The lowest BCUT2D eigenvalue weighted by Crippen LogP contribution is -2.14. The van der Waals surface area contributed by atoms with E-state index < -0.39 is 0 Å². The van der Waals surface area contributed by atoms with Gasteiger partial charge in [0.15, 0.2) is 0 Å². The van der Waals surface area contributed by atoms with Crippen molar-refractivity contribution in [2.45, 2.75) is 19.9 Å². The van der Waals surface area contributed by atoms with Crippen LogP contribution < -0.4 is 5.32 Å². The Hall–Kier alpha value is -1.09. The molecule has 0 aliphatic heterocycles. The van der Waals surface area contributed by atoms with Crippen LogP contribution in [0.25, 0.3) is 0 Å². The predicted octanol–water partition coefficient (Wildman–Crippen LogP) is 1.47. The number of nitrogens with zero attached hydrogens (tertiary/aromatic N) is 1. The molecule has 0 atom stereocenters. The summed E-state index contributed by atoms with van der Waals surface area (Å²) in [5.41, 5.74) is 0. The van der Waals surface area contributed by atoms with Gasteiger partial charge in [0.05, 0.1) is 6.54 Å². The summed E-state index contributed by atoms with van der Waals surface area (Å²) in [6.45, 7) is 3.86. The summed E-state index contributed by atoms with van der Waals surface area (Å²) >= 11 is 0. The molecule has 0 bridgehead atoms. The first kappa shape index (κ1) is 9.00. The van der Waals surface area contributed by atoms with Gasteiger partial charge in [-0.15, -0.1) is 0 Å². The number of allylic oxidation sites excluding steroid dienone is 1. The molecule has 0 spiro atoms. The van der Waals surface area contributed by atoms with Gasteiger partial charge in [-0.05, 0) is 19.9 Å². The molecule has 0 radical (unpaired) electrons. The van der Waals surface area contributed by atoms with Gasteiger partial charge in [0.1, 0.15) is 5.82 Å². The van der Waals surface area contributed by atoms with E-state index in [1.807, 2.05) is 13.1 Å². The van der Waals surface area contributed by atoms with Crippen molar-refractivity contribution in [1.82, 2.24) is 15.3 Å². The van der Waals surface area contributed by atoms with Gasteiger partial charge in [0.2, 0.25) is 0 Å². The molecule has 0 saturated carbocycles. The SMILES string of the molecule is C/C=C/CCNCc1ncc[nH]1. The highest BCUT2D eigenvalue weighted by molar-refractivity contribution is 4.86. The Morgan fingerprint density at radius 1 is 1.67 bits per heavy atom. The number of nitrogens with one attached hydrogen (secondary N) is 2. The Labute approximate surface area is 72.9 Å². The normalized spacial score (nSPS) is 11.1. The lowest BCUT2D eigenvalue weighted by Gasteiger charge is -1.98. The fraction of sp³-hybridized carbons (Fsp3) is 0.444. The first-order chi connectivity index (χ1) is 5.93. The van der Waals surface area contributed by atoms with Crippen LogP contribution in [0.1, 0.15) is 19.2 Å². The molecule has 1 heterocycles. The summed E-state index contributed by atoms with van der Waals surface area (Å²) in [7, 11) is 0. The first-order valence-electron chi connectivity index (χ1n) is 4.23. The summed E-state index contributed by atoms with van der Waals surface area (Å²) in [6, 6.07) is 0. The molecular formula is C9H15N3. The minimum absolute atomic E-state index is 0.824. The van der Waals surface area contributed by atoms with Crippen LogP contribution in [0.2, 0.25) is 0 Å². The van der Waals surface area contributed by atoms with Crippen molar-refractivity contribution in [3.05, 3.63) is 30.4 Å². The molecule has 0 fully saturated rings. The summed E-state index contributed by atoms with van der Waals surface area (Å²) in [6.07, 6.45) is 8.90. The third-order valence-corrected chi connectivity index (χ3v) is 1.57. The molecule has 66 valence electrons. The number of H-pyrrole nitrogens is 1. The highest BCUT2D eigenvalue weighted by Gasteiger charge is 1.90. The molecule has 3 nitrogen and oxygen atoms in total. The van der Waals surface area contributed by atoms with Gasteiger partial charge in [-0.3, -0.25) is 0 Å². The number of rotatable bonds is 5. The molecule has 3 heteroatoms. The van der Waals surface area contributed by atoms with Crippen LogP contribution in [-0.2, 0) is 6.54 Å². The van der Waals surface area contributed by atoms with Gasteiger partial charge in [0.25, 0.3) is 0 Å². The highest BCUT2D eigenvalue weighted by Crippen LogP contribution is 1.87. The zero-order valence-electron chi connectivity index (χ0n) is 7.38. The fourth-order valence-corrected chi connectivity index (χ4v) is 0.953. The first-order valence-corrected chi connectivity index (χ1v) is 4.23. The maximum Gasteiger partial charge on any atom is 0.120 e. The largest absolute Gasteiger partial charge is 0.348 e. The van der Waals surface area contributed by atoms with Crippen molar-refractivity contribution in [2.75, 3.05) is 6.54 Å². The number of hydrogen-bond donors (Lipinski definition) is 2. The monoisotopic (exact) mass is 165 g/mol. The van der Waals surface area contributed by atoms with E-state index >= 15 is 0 Å². The predicted molar refractivity (Wildman–Crippen MR) is 49.7 cm³/mol. The molecule has 1 rings (SSSR count). The van der Waals surface area contributed by atoms with Crippen molar-refractivity contribution >= 4 is 0 Å². The van der Waals surface area contributed by atoms with Crippen molar-refractivity contribution in [3.8, 4) is 0 Å². The summed E-state index contributed by atoms with van der Waals surface area (Å²) in [5.74, 6) is 0.996. The van der Waals surface area contributed by atoms with Crippen molar-refractivity contribution < 1.29 is 0 Å². The Balaban J connectivity index is 2.03. The second-order valence-corrected chi connectivity index (χ2v) is 2.57. The molecule has 0 saturated heterocycles. The molecular weight excluding hydrogens is 150 g/mol. The van der Waals surface area contributed by atoms with E-state index in [9.17, 15) is 0 Å². The second kappa shape index (κ2) is 5.55. The van der Waals surface area contributed by atoms with Gasteiger partial charge < -0.3 is 10.3 Å². The van der Waals surface area contributed by atoms with Gasteiger partial charge >= 0.3 is 0 Å². The Bertz CT molecular complexity index is 214. The third-order valence-electron chi connectivity index (χ3n) is 1.57. The maximum atomic E-state index is 4.10. The lowest BCUT2D eigenvalue weighted by molar-refractivity contribution is 0.672. The summed E-state index contributed by atoms with van der Waals surface area (Å²) < 4.78 is 0. The lowest BCUT2D eigenvalue weighted by atomic mass is 10.4. The summed E-state index contributed by atoms with van der Waals surface area (Å²) in [4.78, 5) is 7.13. The average molecular weight is 165 g/mol. The van der Waals surface area contributed by atoms with Crippen LogP contribution in [-0.4, -0.2) is 16.5 Å². The molecule has 1 aromatic rings. The highest BCUT2D eigenvalue weighted by atomic mass is 15.0. The number of imidazole rings is 1. The van der Waals surface area contributed by atoms with Crippen LogP contribution >= 0.6 is 0 Å². The van der Waals surface area contributed by atoms with E-state index in [4.69, 9.17) is 0 Å². The second-order valence-electron chi connectivity index (χ2n) is 2.57. The van der Waals surface area contributed by atoms with E-state index in [0.717, 1.165) is 25.3 Å². The van der Waals surface area contributed by atoms with Crippen molar-refractivity contribution in [1.29, 1.82) is 0 Å². The summed E-state index contributed by atoms with van der Waals surface area (Å²) in [5, 5.41) is 3.28. The standard InChI is InChI=1S/C9H15N3/c1-2-3-4-5-10-8-9-11-6-7-12-9/h2-3,6-7,10H,4-5,8H2,1H3,(H,11,12)/b3-2+. The average Bonchev–Trinajstić information content (AvgIpc) is 2.57. The zero-order chi connectivity index (χ0) is 8.65. The van der Waals surface area contributed by atoms with Gasteiger partial charge in [-0.1, -0.05) is 12.2 Å². The van der Waals surface area contributed by atoms with E-state index in [0.29, 0.717) is 0 Å². The quantitative estimate of drug-likeness (QED) is 0.512. The molecule has 0 aromatic carbocycles. The number of aromatic nitrogens is 2. The Morgan fingerprint density at radius 2 is 2.58 bits per heavy atom. The van der Waals surface area contributed by atoms with Gasteiger partial charge in [-0.2, -0.15) is 0 Å². The minimum Gasteiger partial charge on any atom is -0.348 e. The van der Waals surface area contributed by atoms with E-state index in [-0.39, 0.29) is 0 Å². The number of aromatic amines is 1. The van der Waals surface area contributed by atoms with Crippen LogP contribution in [0.4, 0.5) is 0 Å². The van der Waals surface area contributed by atoms with E-state index in [1.54, 1.807) is 6.20 Å². The van der Waals surface area contributed by atoms with E-state index in [1.165, 1.54) is 0 Å². The Kier molecular flexibility index (Phi) is 4.16. The van der Waals surface area contributed by atoms with Crippen LogP contribution in [0.3, 0.4) is 0 Å². The molecule has 12 heavy (non-hydrogen) atoms. The van der Waals surface area contributed by atoms with Crippen molar-refractivity contribution in [2.24, 2.45) is 0 Å². The molecule has 2 N–H and O–H groups in total. The molecule has 0 aliphatic carbocycles. The minimum atomic E-state index is 0.824. The fourth-order valence-electron chi connectivity index (χ4n) is 0.953. The zero-order valence-corrected chi connectivity index (χ0v) is 7.38.